The first-order valence-electron chi connectivity index (χ1n) is 14.9. The largest absolute Gasteiger partial charge is 0.358 e. The number of benzene rings is 1. The molecule has 0 spiro atoms. The number of carbonyl (C=O) groups excluding carboxylic acids is 2. The van der Waals surface area contributed by atoms with Gasteiger partial charge in [0.15, 0.2) is 0 Å². The van der Waals surface area contributed by atoms with Crippen LogP contribution in [0.15, 0.2) is 48.7 Å². The maximum Gasteiger partial charge on any atom is 0.315 e. The number of urea groups is 1. The van der Waals surface area contributed by atoms with Crippen LogP contribution in [0.3, 0.4) is 0 Å². The van der Waals surface area contributed by atoms with Crippen molar-refractivity contribution in [1.82, 2.24) is 25.9 Å². The molecule has 39 heavy (non-hydrogen) atoms. The minimum atomic E-state index is -1.00. The summed E-state index contributed by atoms with van der Waals surface area (Å²) < 4.78 is 0. The van der Waals surface area contributed by atoms with Gasteiger partial charge < -0.3 is 20.9 Å². The maximum absolute atomic E-state index is 14.2. The molecule has 2 heterocycles. The first kappa shape index (κ1) is 25.9. The number of H-pyrrole nitrogens is 1. The number of hydrogen-bond donors (Lipinski definition) is 4. The van der Waals surface area contributed by atoms with Crippen LogP contribution in [0.5, 0.6) is 0 Å². The van der Waals surface area contributed by atoms with Gasteiger partial charge in [-0.3, -0.25) is 9.78 Å². The number of carbonyl (C=O) groups is 2. The van der Waals surface area contributed by atoms with Crippen LogP contribution in [0.1, 0.15) is 87.6 Å². The van der Waals surface area contributed by atoms with Crippen LogP contribution in [0.2, 0.25) is 0 Å². The monoisotopic (exact) mass is 527 g/mol. The van der Waals surface area contributed by atoms with Crippen LogP contribution in [-0.4, -0.2) is 40.0 Å². The van der Waals surface area contributed by atoms with E-state index in [1.54, 1.807) is 0 Å². The van der Waals surface area contributed by atoms with E-state index in [-0.39, 0.29) is 23.4 Å². The van der Waals surface area contributed by atoms with Crippen molar-refractivity contribution in [1.29, 1.82) is 0 Å². The molecule has 1 aromatic carbocycles. The molecule has 0 aliphatic heterocycles. The van der Waals surface area contributed by atoms with Crippen molar-refractivity contribution < 1.29 is 9.59 Å². The highest BCUT2D eigenvalue weighted by Gasteiger charge is 2.45. The van der Waals surface area contributed by atoms with Crippen molar-refractivity contribution in [2.75, 3.05) is 6.54 Å². The highest BCUT2D eigenvalue weighted by Crippen LogP contribution is 2.39. The second-order valence-corrected chi connectivity index (χ2v) is 12.1. The Hall–Kier alpha value is -3.35. The number of pyridine rings is 1. The van der Waals surface area contributed by atoms with Gasteiger partial charge in [0.1, 0.15) is 5.54 Å². The molecule has 1 atom stereocenters. The van der Waals surface area contributed by atoms with E-state index < -0.39 is 5.54 Å². The van der Waals surface area contributed by atoms with E-state index in [9.17, 15) is 9.59 Å². The molecule has 0 radical (unpaired) electrons. The van der Waals surface area contributed by atoms with E-state index in [0.717, 1.165) is 73.5 Å². The molecule has 2 saturated carbocycles. The molecule has 2 fully saturated rings. The maximum atomic E-state index is 14.2. The van der Waals surface area contributed by atoms with Crippen molar-refractivity contribution >= 4 is 22.8 Å². The van der Waals surface area contributed by atoms with Gasteiger partial charge in [-0.1, -0.05) is 62.8 Å². The van der Waals surface area contributed by atoms with Gasteiger partial charge in [-0.05, 0) is 62.3 Å². The molecule has 3 aliphatic carbocycles. The summed E-state index contributed by atoms with van der Waals surface area (Å²) in [6.07, 6.45) is 14.7. The van der Waals surface area contributed by atoms with Gasteiger partial charge in [0, 0.05) is 52.9 Å². The van der Waals surface area contributed by atoms with Crippen molar-refractivity contribution in [3.8, 4) is 0 Å². The molecule has 3 amide bonds. The van der Waals surface area contributed by atoms with E-state index in [0.29, 0.717) is 25.8 Å². The molecule has 2 aromatic heterocycles. The number of aryl methyl sites for hydroxylation is 1. The summed E-state index contributed by atoms with van der Waals surface area (Å²) in [4.78, 5) is 35.9. The number of rotatable bonds is 6. The second kappa shape index (κ2) is 11.0. The van der Waals surface area contributed by atoms with Crippen LogP contribution >= 0.6 is 0 Å². The SMILES string of the molecule is O=C(NC1CCCCC1)NC1(C(=O)NCC2(c3ccccn3)CCCCC2)CCc2[nH]c3ccccc3c2C1. The van der Waals surface area contributed by atoms with Crippen molar-refractivity contribution in [2.24, 2.45) is 0 Å². The molecule has 4 N–H and O–H groups in total. The third-order valence-electron chi connectivity index (χ3n) is 9.52. The van der Waals surface area contributed by atoms with Crippen LogP contribution in [0.4, 0.5) is 4.79 Å². The summed E-state index contributed by atoms with van der Waals surface area (Å²) >= 11 is 0. The Kier molecular flexibility index (Phi) is 7.32. The summed E-state index contributed by atoms with van der Waals surface area (Å²) in [7, 11) is 0. The highest BCUT2D eigenvalue weighted by molar-refractivity contribution is 5.94. The number of aromatic nitrogens is 2. The topological polar surface area (TPSA) is 98.9 Å². The molecule has 7 heteroatoms. The minimum absolute atomic E-state index is 0.0851. The van der Waals surface area contributed by atoms with Gasteiger partial charge in [0.2, 0.25) is 5.91 Å². The Morgan fingerprint density at radius 3 is 2.49 bits per heavy atom. The molecule has 6 rings (SSSR count). The quantitative estimate of drug-likeness (QED) is 0.343. The van der Waals surface area contributed by atoms with Crippen LogP contribution in [0.25, 0.3) is 10.9 Å². The predicted octanol–water partition coefficient (Wildman–Crippen LogP) is 5.44. The third kappa shape index (κ3) is 5.28. The number of aromatic amines is 1. The molecule has 3 aliphatic rings. The van der Waals surface area contributed by atoms with Crippen LogP contribution < -0.4 is 16.0 Å². The lowest BCUT2D eigenvalue weighted by Crippen LogP contribution is -2.64. The molecular formula is C32H41N5O2. The van der Waals surface area contributed by atoms with E-state index in [2.05, 4.69) is 39.1 Å². The normalized spacial score (nSPS) is 23.1. The average Bonchev–Trinajstić information content (AvgIpc) is 3.35. The van der Waals surface area contributed by atoms with Crippen molar-refractivity contribution in [2.45, 2.75) is 100 Å². The first-order valence-corrected chi connectivity index (χ1v) is 14.9. The smallest absolute Gasteiger partial charge is 0.315 e. The lowest BCUT2D eigenvalue weighted by atomic mass is 9.71. The Morgan fingerprint density at radius 2 is 1.69 bits per heavy atom. The van der Waals surface area contributed by atoms with Gasteiger partial charge in [-0.15, -0.1) is 0 Å². The summed E-state index contributed by atoms with van der Waals surface area (Å²) in [5.41, 5.74) is 3.29. The number of nitrogens with zero attached hydrogens (tertiary/aromatic N) is 1. The molecule has 206 valence electrons. The number of amides is 3. The number of para-hydroxylation sites is 1. The van der Waals surface area contributed by atoms with E-state index in [1.165, 1.54) is 18.5 Å². The zero-order valence-corrected chi connectivity index (χ0v) is 22.9. The lowest BCUT2D eigenvalue weighted by Gasteiger charge is -2.40. The van der Waals surface area contributed by atoms with Gasteiger partial charge in [-0.25, -0.2) is 4.79 Å². The summed E-state index contributed by atoms with van der Waals surface area (Å²) in [5, 5.41) is 10.9. The third-order valence-corrected chi connectivity index (χ3v) is 9.52. The summed E-state index contributed by atoms with van der Waals surface area (Å²) in [6, 6.07) is 14.3. The van der Waals surface area contributed by atoms with E-state index in [4.69, 9.17) is 4.98 Å². The first-order chi connectivity index (χ1) is 19.1. The Balaban J connectivity index is 1.27. The minimum Gasteiger partial charge on any atom is -0.358 e. The summed E-state index contributed by atoms with van der Waals surface area (Å²) in [6.45, 7) is 0.539. The van der Waals surface area contributed by atoms with Crippen molar-refractivity contribution in [3.05, 3.63) is 65.6 Å². The fraction of sp³-hybridized carbons (Fsp3) is 0.531. The number of fused-ring (bicyclic) bond motifs is 3. The van der Waals surface area contributed by atoms with Gasteiger partial charge in [-0.2, -0.15) is 0 Å². The summed E-state index contributed by atoms with van der Waals surface area (Å²) in [5.74, 6) is -0.0851. The molecule has 7 nitrogen and oxygen atoms in total. The molecule has 1 unspecified atom stereocenters. The highest BCUT2D eigenvalue weighted by atomic mass is 16.2. The molecule has 0 saturated heterocycles. The van der Waals surface area contributed by atoms with E-state index >= 15 is 0 Å². The molecular weight excluding hydrogens is 486 g/mol. The van der Waals surface area contributed by atoms with Gasteiger partial charge in [0.25, 0.3) is 0 Å². The standard InChI is InChI=1S/C32H41N5O2/c38-29(34-22-31(17-8-2-9-18-31)28-15-7-10-20-33-28)32(37-30(39)35-23-11-3-1-4-12-23)19-16-27-25(21-32)24-13-5-6-14-26(24)36-27/h5-7,10,13-15,20,23,36H,1-4,8-9,11-12,16-19,21-22H2,(H,34,38)(H2,35,37,39). The Bertz CT molecular complexity index is 1310. The molecule has 0 bridgehead atoms. The fourth-order valence-corrected chi connectivity index (χ4v) is 7.29. The molecule has 3 aromatic rings. The van der Waals surface area contributed by atoms with Crippen LogP contribution in [0, 0.1) is 0 Å². The van der Waals surface area contributed by atoms with Gasteiger partial charge >= 0.3 is 6.03 Å². The number of hydrogen-bond acceptors (Lipinski definition) is 3. The van der Waals surface area contributed by atoms with Crippen LogP contribution in [-0.2, 0) is 23.1 Å². The fourth-order valence-electron chi connectivity index (χ4n) is 7.29. The lowest BCUT2D eigenvalue weighted by molar-refractivity contribution is -0.128. The van der Waals surface area contributed by atoms with Crippen molar-refractivity contribution in [3.63, 3.8) is 0 Å². The Labute approximate surface area is 230 Å². The Morgan fingerprint density at radius 1 is 0.923 bits per heavy atom. The average molecular weight is 528 g/mol. The second-order valence-electron chi connectivity index (χ2n) is 12.1. The predicted molar refractivity (Wildman–Crippen MR) is 154 cm³/mol. The number of nitrogens with one attached hydrogen (secondary N) is 4. The zero-order valence-electron chi connectivity index (χ0n) is 22.9. The van der Waals surface area contributed by atoms with E-state index in [1.807, 2.05) is 30.5 Å². The zero-order chi connectivity index (χ0) is 26.7. The van der Waals surface area contributed by atoms with Gasteiger partial charge in [0.05, 0.1) is 0 Å².